The molecule has 8 heteroatoms. The van der Waals surface area contributed by atoms with Crippen LogP contribution in [-0.2, 0) is 0 Å². The fourth-order valence-corrected chi connectivity index (χ4v) is 2.05. The summed E-state index contributed by atoms with van der Waals surface area (Å²) in [5.74, 6) is -0.432. The molecule has 1 amide bonds. The van der Waals surface area contributed by atoms with Crippen molar-refractivity contribution in [2.24, 2.45) is 0 Å². The summed E-state index contributed by atoms with van der Waals surface area (Å²) >= 11 is 3.30. The van der Waals surface area contributed by atoms with Gasteiger partial charge in [0, 0.05) is 12.2 Å². The van der Waals surface area contributed by atoms with E-state index in [2.05, 4.69) is 41.7 Å². The minimum Gasteiger partial charge on any atom is -0.399 e. The Bertz CT molecular complexity index is 612. The lowest BCUT2D eigenvalue weighted by molar-refractivity contribution is 0.0900. The summed E-state index contributed by atoms with van der Waals surface area (Å²) < 4.78 is 5.92. The number of carbonyl (C=O) groups is 1. The van der Waals surface area contributed by atoms with E-state index in [0.29, 0.717) is 10.3 Å². The Morgan fingerprint density at radius 3 is 2.81 bits per heavy atom. The van der Waals surface area contributed by atoms with Crippen molar-refractivity contribution in [2.75, 3.05) is 5.32 Å². The van der Waals surface area contributed by atoms with Crippen molar-refractivity contribution in [1.29, 1.82) is 0 Å². The van der Waals surface area contributed by atoms with Gasteiger partial charge < -0.3 is 15.1 Å². The molecule has 0 fully saturated rings. The van der Waals surface area contributed by atoms with Crippen LogP contribution in [0.4, 0.5) is 11.7 Å². The Morgan fingerprint density at radius 2 is 2.14 bits per heavy atom. The molecule has 0 saturated carbocycles. The first-order chi connectivity index (χ1) is 10.1. The molecular weight excluding hydrogens is 338 g/mol. The lowest BCUT2D eigenvalue weighted by Crippen LogP contribution is -2.34. The molecule has 0 unspecified atom stereocenters. The van der Waals surface area contributed by atoms with Crippen LogP contribution in [0.3, 0.4) is 0 Å². The number of amides is 1. The van der Waals surface area contributed by atoms with Crippen LogP contribution in [0, 0.1) is 0 Å². The smallest absolute Gasteiger partial charge is 0.320 e. The first-order valence-electron chi connectivity index (χ1n) is 6.66. The standard InChI is InChI=1S/C13H16BrN5O2/c1-3-8(4-2)16-11(20)12-18-19-13(21-12)17-9-6-5-7-15-10(9)14/h5-8H,3-4H2,1-2H3,(H,16,20)(H,17,19). The molecule has 0 aliphatic rings. The summed E-state index contributed by atoms with van der Waals surface area (Å²) in [6, 6.07) is 3.81. The van der Waals surface area contributed by atoms with Crippen LogP contribution in [-0.4, -0.2) is 27.1 Å². The predicted octanol–water partition coefficient (Wildman–Crippen LogP) is 2.89. The SMILES string of the molecule is CCC(CC)NC(=O)c1nnc(Nc2cccnc2Br)o1. The average Bonchev–Trinajstić information content (AvgIpc) is 2.95. The van der Waals surface area contributed by atoms with Crippen LogP contribution in [0.25, 0.3) is 0 Å². The number of nitrogens with one attached hydrogen (secondary N) is 2. The number of hydrogen-bond acceptors (Lipinski definition) is 6. The zero-order chi connectivity index (χ0) is 15.2. The third kappa shape index (κ3) is 4.01. The molecule has 0 aliphatic carbocycles. The lowest BCUT2D eigenvalue weighted by Gasteiger charge is -2.12. The normalized spacial score (nSPS) is 10.7. The number of halogens is 1. The third-order valence-electron chi connectivity index (χ3n) is 2.94. The van der Waals surface area contributed by atoms with Gasteiger partial charge in [-0.15, -0.1) is 5.10 Å². The van der Waals surface area contributed by atoms with Gasteiger partial charge in [-0.3, -0.25) is 4.79 Å². The number of carbonyl (C=O) groups excluding carboxylic acids is 1. The molecule has 0 spiro atoms. The van der Waals surface area contributed by atoms with Crippen molar-refractivity contribution in [3.63, 3.8) is 0 Å². The number of nitrogens with zero attached hydrogens (tertiary/aromatic N) is 3. The van der Waals surface area contributed by atoms with Crippen LogP contribution in [0.2, 0.25) is 0 Å². The van der Waals surface area contributed by atoms with E-state index in [0.717, 1.165) is 12.8 Å². The van der Waals surface area contributed by atoms with E-state index in [-0.39, 0.29) is 23.9 Å². The predicted molar refractivity (Wildman–Crippen MR) is 81.4 cm³/mol. The molecule has 2 N–H and O–H groups in total. The molecule has 0 aliphatic heterocycles. The van der Waals surface area contributed by atoms with Gasteiger partial charge in [0.05, 0.1) is 5.69 Å². The number of rotatable bonds is 6. The molecule has 2 rings (SSSR count). The summed E-state index contributed by atoms with van der Waals surface area (Å²) in [5, 5.41) is 13.3. The first-order valence-corrected chi connectivity index (χ1v) is 7.45. The fraction of sp³-hybridized carbons (Fsp3) is 0.385. The lowest BCUT2D eigenvalue weighted by atomic mass is 10.2. The number of anilines is 2. The van der Waals surface area contributed by atoms with Crippen LogP contribution in [0.5, 0.6) is 0 Å². The van der Waals surface area contributed by atoms with Gasteiger partial charge in [0.15, 0.2) is 0 Å². The van der Waals surface area contributed by atoms with Gasteiger partial charge >= 0.3 is 17.8 Å². The highest BCUT2D eigenvalue weighted by Gasteiger charge is 2.17. The molecule has 0 bridgehead atoms. The van der Waals surface area contributed by atoms with Crippen molar-refractivity contribution < 1.29 is 9.21 Å². The van der Waals surface area contributed by atoms with E-state index in [1.807, 2.05) is 13.8 Å². The van der Waals surface area contributed by atoms with Gasteiger partial charge in [0.1, 0.15) is 4.60 Å². The minimum atomic E-state index is -0.366. The summed E-state index contributed by atoms with van der Waals surface area (Å²) in [6.07, 6.45) is 3.35. The van der Waals surface area contributed by atoms with Crippen molar-refractivity contribution in [1.82, 2.24) is 20.5 Å². The summed E-state index contributed by atoms with van der Waals surface area (Å²) in [6.45, 7) is 4.02. The summed E-state index contributed by atoms with van der Waals surface area (Å²) in [5.41, 5.74) is 0.674. The topological polar surface area (TPSA) is 92.9 Å². The largest absolute Gasteiger partial charge is 0.399 e. The van der Waals surface area contributed by atoms with E-state index in [1.54, 1.807) is 18.3 Å². The zero-order valence-corrected chi connectivity index (χ0v) is 13.3. The van der Waals surface area contributed by atoms with Gasteiger partial charge in [-0.25, -0.2) is 4.98 Å². The van der Waals surface area contributed by atoms with Crippen LogP contribution in [0.15, 0.2) is 27.3 Å². The Hall–Kier alpha value is -1.96. The Morgan fingerprint density at radius 1 is 1.38 bits per heavy atom. The molecule has 2 heterocycles. The van der Waals surface area contributed by atoms with Crippen LogP contribution in [0.1, 0.15) is 37.4 Å². The second-order valence-electron chi connectivity index (χ2n) is 4.37. The highest BCUT2D eigenvalue weighted by atomic mass is 79.9. The highest BCUT2D eigenvalue weighted by Crippen LogP contribution is 2.22. The van der Waals surface area contributed by atoms with E-state index in [4.69, 9.17) is 4.42 Å². The molecule has 0 radical (unpaired) electrons. The zero-order valence-electron chi connectivity index (χ0n) is 11.8. The molecule has 2 aromatic rings. The molecule has 2 aromatic heterocycles. The molecule has 7 nitrogen and oxygen atoms in total. The second-order valence-corrected chi connectivity index (χ2v) is 5.12. The third-order valence-corrected chi connectivity index (χ3v) is 3.57. The van der Waals surface area contributed by atoms with Crippen LogP contribution >= 0.6 is 15.9 Å². The molecule has 0 aromatic carbocycles. The van der Waals surface area contributed by atoms with E-state index >= 15 is 0 Å². The summed E-state index contributed by atoms with van der Waals surface area (Å²) in [7, 11) is 0. The molecule has 21 heavy (non-hydrogen) atoms. The molecule has 0 saturated heterocycles. The quantitative estimate of drug-likeness (QED) is 0.775. The van der Waals surface area contributed by atoms with Gasteiger partial charge in [-0.2, -0.15) is 0 Å². The van der Waals surface area contributed by atoms with Crippen molar-refractivity contribution in [2.45, 2.75) is 32.7 Å². The first kappa shape index (κ1) is 15.4. The van der Waals surface area contributed by atoms with Gasteiger partial charge in [0.2, 0.25) is 0 Å². The maximum atomic E-state index is 11.9. The minimum absolute atomic E-state index is 0.0654. The fourth-order valence-electron chi connectivity index (χ4n) is 1.70. The van der Waals surface area contributed by atoms with E-state index in [9.17, 15) is 4.79 Å². The highest BCUT2D eigenvalue weighted by molar-refractivity contribution is 9.10. The number of aromatic nitrogens is 3. The molecule has 0 atom stereocenters. The number of hydrogen-bond donors (Lipinski definition) is 2. The maximum Gasteiger partial charge on any atom is 0.320 e. The van der Waals surface area contributed by atoms with Gasteiger partial charge in [0.25, 0.3) is 0 Å². The molecule has 112 valence electrons. The van der Waals surface area contributed by atoms with Crippen molar-refractivity contribution in [3.8, 4) is 0 Å². The Labute approximate surface area is 130 Å². The Kier molecular flexibility index (Phi) is 5.26. The van der Waals surface area contributed by atoms with E-state index < -0.39 is 0 Å². The maximum absolute atomic E-state index is 11.9. The Balaban J connectivity index is 2.04. The van der Waals surface area contributed by atoms with Gasteiger partial charge in [-0.05, 0) is 40.9 Å². The van der Waals surface area contributed by atoms with Gasteiger partial charge in [-0.1, -0.05) is 18.9 Å². The monoisotopic (exact) mass is 353 g/mol. The van der Waals surface area contributed by atoms with Crippen LogP contribution < -0.4 is 10.6 Å². The molecular formula is C13H16BrN5O2. The second kappa shape index (κ2) is 7.16. The average molecular weight is 354 g/mol. The van der Waals surface area contributed by atoms with E-state index in [1.165, 1.54) is 0 Å². The number of pyridine rings is 1. The van der Waals surface area contributed by atoms with Crippen molar-refractivity contribution in [3.05, 3.63) is 28.8 Å². The summed E-state index contributed by atoms with van der Waals surface area (Å²) in [4.78, 5) is 16.0. The van der Waals surface area contributed by atoms with Crippen molar-refractivity contribution >= 4 is 33.5 Å².